The largest absolute Gasteiger partial charge is 0.416 e. The number of benzene rings is 1. The lowest BCUT2D eigenvalue weighted by Crippen LogP contribution is -2.66. The Bertz CT molecular complexity index is 422. The lowest BCUT2D eigenvalue weighted by Gasteiger charge is -2.62. The lowest BCUT2D eigenvalue weighted by molar-refractivity contribution is -0.137. The predicted molar refractivity (Wildman–Crippen MR) is 58.4 cm³/mol. The second kappa shape index (κ2) is 3.48. The molecular weight excluding hydrogens is 227 g/mol. The highest BCUT2D eigenvalue weighted by molar-refractivity contribution is 5.26. The molecule has 4 heteroatoms. The van der Waals surface area contributed by atoms with Gasteiger partial charge >= 0.3 is 6.18 Å². The van der Waals surface area contributed by atoms with Crippen LogP contribution < -0.4 is 5.32 Å². The number of nitrogens with one attached hydrogen (secondary N) is 1. The molecule has 0 aromatic heterocycles. The molecule has 0 radical (unpaired) electrons. The summed E-state index contributed by atoms with van der Waals surface area (Å²) in [5.41, 5.74) is 0.415. The van der Waals surface area contributed by atoms with E-state index in [1.54, 1.807) is 6.07 Å². The first kappa shape index (κ1) is 11.1. The lowest BCUT2D eigenvalue weighted by atomic mass is 9.50. The van der Waals surface area contributed by atoms with Gasteiger partial charge in [0, 0.05) is 12.1 Å². The van der Waals surface area contributed by atoms with Crippen LogP contribution in [0.5, 0.6) is 0 Å². The molecule has 0 spiro atoms. The van der Waals surface area contributed by atoms with Gasteiger partial charge in [-0.15, -0.1) is 0 Å². The van der Waals surface area contributed by atoms with Crippen LogP contribution in [0.4, 0.5) is 13.2 Å². The average molecular weight is 241 g/mol. The minimum absolute atomic E-state index is 0.263. The molecule has 2 bridgehead atoms. The third-order valence-corrected chi connectivity index (χ3v) is 3.96. The summed E-state index contributed by atoms with van der Waals surface area (Å²) in [7, 11) is 0. The second-order valence-corrected chi connectivity index (χ2v) is 5.31. The van der Waals surface area contributed by atoms with Crippen LogP contribution in [0.3, 0.4) is 0 Å². The van der Waals surface area contributed by atoms with E-state index >= 15 is 0 Å². The van der Waals surface area contributed by atoms with E-state index in [1.807, 2.05) is 0 Å². The molecule has 3 saturated carbocycles. The van der Waals surface area contributed by atoms with Crippen molar-refractivity contribution in [3.8, 4) is 0 Å². The Kier molecular flexibility index (Phi) is 2.27. The standard InChI is InChI=1S/C13H14F3N/c14-13(15,16)11-3-1-2-9(4-11)8-17-12-5-10(6-12)7-12/h1-4,10,17H,5-8H2. The Balaban J connectivity index is 1.66. The van der Waals surface area contributed by atoms with Gasteiger partial charge in [-0.2, -0.15) is 13.2 Å². The highest BCUT2D eigenvalue weighted by Crippen LogP contribution is 2.57. The quantitative estimate of drug-likeness (QED) is 0.855. The van der Waals surface area contributed by atoms with Crippen LogP contribution in [0, 0.1) is 5.92 Å². The first-order valence-electron chi connectivity index (χ1n) is 5.88. The van der Waals surface area contributed by atoms with Crippen LogP contribution in [0.2, 0.25) is 0 Å². The normalized spacial score (nSPS) is 30.6. The highest BCUT2D eigenvalue weighted by atomic mass is 19.4. The summed E-state index contributed by atoms with van der Waals surface area (Å²) < 4.78 is 37.5. The number of hydrogen-bond acceptors (Lipinski definition) is 1. The van der Waals surface area contributed by atoms with E-state index < -0.39 is 11.7 Å². The third-order valence-electron chi connectivity index (χ3n) is 3.96. The minimum atomic E-state index is -4.24. The molecule has 1 aromatic rings. The molecule has 0 unspecified atom stereocenters. The summed E-state index contributed by atoms with van der Waals surface area (Å²) in [6, 6.07) is 5.57. The maximum Gasteiger partial charge on any atom is 0.416 e. The van der Waals surface area contributed by atoms with Gasteiger partial charge in [0.2, 0.25) is 0 Å². The van der Waals surface area contributed by atoms with Crippen molar-refractivity contribution in [3.63, 3.8) is 0 Å². The molecule has 0 atom stereocenters. The minimum Gasteiger partial charge on any atom is -0.307 e. The topological polar surface area (TPSA) is 12.0 Å². The molecule has 3 fully saturated rings. The first-order chi connectivity index (χ1) is 7.97. The van der Waals surface area contributed by atoms with Crippen molar-refractivity contribution in [1.82, 2.24) is 5.32 Å². The zero-order chi connectivity index (χ0) is 12.1. The summed E-state index contributed by atoms with van der Waals surface area (Å²) >= 11 is 0. The van der Waals surface area contributed by atoms with Gasteiger partial charge in [0.1, 0.15) is 0 Å². The van der Waals surface area contributed by atoms with E-state index in [-0.39, 0.29) is 5.54 Å². The van der Waals surface area contributed by atoms with E-state index in [4.69, 9.17) is 0 Å². The van der Waals surface area contributed by atoms with Crippen LogP contribution in [-0.2, 0) is 12.7 Å². The molecule has 4 rings (SSSR count). The zero-order valence-electron chi connectivity index (χ0n) is 9.35. The molecule has 0 amide bonds. The maximum atomic E-state index is 12.5. The maximum absolute atomic E-state index is 12.5. The monoisotopic (exact) mass is 241 g/mol. The Morgan fingerprint density at radius 3 is 2.47 bits per heavy atom. The van der Waals surface area contributed by atoms with E-state index in [0.29, 0.717) is 12.1 Å². The van der Waals surface area contributed by atoms with Crippen molar-refractivity contribution in [2.75, 3.05) is 0 Å². The molecule has 0 aliphatic heterocycles. The van der Waals surface area contributed by atoms with Gasteiger partial charge < -0.3 is 5.32 Å². The molecule has 3 aliphatic carbocycles. The van der Waals surface area contributed by atoms with Crippen molar-refractivity contribution in [2.45, 2.75) is 37.5 Å². The Labute approximate surface area is 98.0 Å². The molecule has 1 aromatic carbocycles. The first-order valence-corrected chi connectivity index (χ1v) is 5.88. The fourth-order valence-electron chi connectivity index (χ4n) is 2.84. The van der Waals surface area contributed by atoms with Gasteiger partial charge in [-0.1, -0.05) is 18.2 Å². The van der Waals surface area contributed by atoms with E-state index in [1.165, 1.54) is 31.4 Å². The molecule has 1 nitrogen and oxygen atoms in total. The Hall–Kier alpha value is -1.03. The van der Waals surface area contributed by atoms with Crippen LogP contribution in [0.1, 0.15) is 30.4 Å². The summed E-state index contributed by atoms with van der Waals surface area (Å²) in [4.78, 5) is 0. The molecule has 17 heavy (non-hydrogen) atoms. The van der Waals surface area contributed by atoms with Crippen LogP contribution in [0.25, 0.3) is 0 Å². The van der Waals surface area contributed by atoms with Gasteiger partial charge in [0.25, 0.3) is 0 Å². The molecule has 1 N–H and O–H groups in total. The van der Waals surface area contributed by atoms with Crippen molar-refractivity contribution in [3.05, 3.63) is 35.4 Å². The van der Waals surface area contributed by atoms with E-state index in [0.717, 1.165) is 12.0 Å². The molecule has 0 saturated heterocycles. The fraction of sp³-hybridized carbons (Fsp3) is 0.538. The highest BCUT2D eigenvalue weighted by Gasteiger charge is 2.55. The van der Waals surface area contributed by atoms with Gasteiger partial charge in [-0.05, 0) is 36.8 Å². The van der Waals surface area contributed by atoms with Gasteiger partial charge in [-0.25, -0.2) is 0 Å². The van der Waals surface area contributed by atoms with Crippen molar-refractivity contribution >= 4 is 0 Å². The fourth-order valence-corrected chi connectivity index (χ4v) is 2.84. The number of alkyl halides is 3. The van der Waals surface area contributed by atoms with Crippen molar-refractivity contribution < 1.29 is 13.2 Å². The number of rotatable bonds is 3. The van der Waals surface area contributed by atoms with Crippen LogP contribution in [0.15, 0.2) is 24.3 Å². The summed E-state index contributed by atoms with van der Waals surface area (Å²) in [5.74, 6) is 0.879. The summed E-state index contributed by atoms with van der Waals surface area (Å²) in [6.45, 7) is 0.538. The smallest absolute Gasteiger partial charge is 0.307 e. The van der Waals surface area contributed by atoms with E-state index in [9.17, 15) is 13.2 Å². The SMILES string of the molecule is FC(F)(F)c1cccc(CNC23CC(C2)C3)c1. The van der Waals surface area contributed by atoms with Crippen molar-refractivity contribution in [1.29, 1.82) is 0 Å². The van der Waals surface area contributed by atoms with Gasteiger partial charge in [0.15, 0.2) is 0 Å². The van der Waals surface area contributed by atoms with Gasteiger partial charge in [0.05, 0.1) is 5.56 Å². The molecule has 92 valence electrons. The van der Waals surface area contributed by atoms with Gasteiger partial charge in [-0.3, -0.25) is 0 Å². The molecule has 3 aliphatic rings. The summed E-state index contributed by atoms with van der Waals surface area (Å²) in [6.07, 6.45) is -0.643. The average Bonchev–Trinajstić information content (AvgIpc) is 2.12. The Morgan fingerprint density at radius 2 is 1.94 bits per heavy atom. The Morgan fingerprint density at radius 1 is 1.24 bits per heavy atom. The summed E-state index contributed by atoms with van der Waals surface area (Å²) in [5, 5.41) is 3.39. The van der Waals surface area contributed by atoms with Crippen LogP contribution >= 0.6 is 0 Å². The molecular formula is C13H14F3N. The van der Waals surface area contributed by atoms with E-state index in [2.05, 4.69) is 5.32 Å². The third kappa shape index (κ3) is 1.95. The second-order valence-electron chi connectivity index (χ2n) is 5.31. The number of halogens is 3. The number of hydrogen-bond donors (Lipinski definition) is 1. The van der Waals surface area contributed by atoms with Crippen LogP contribution in [-0.4, -0.2) is 5.54 Å². The predicted octanol–water partition coefficient (Wildman–Crippen LogP) is 3.35. The molecule has 0 heterocycles. The van der Waals surface area contributed by atoms with Crippen molar-refractivity contribution in [2.24, 2.45) is 5.92 Å². The zero-order valence-corrected chi connectivity index (χ0v) is 9.35.